The minimum Gasteiger partial charge on any atom is -0.381 e. The molecule has 1 aliphatic rings. The van der Waals surface area contributed by atoms with E-state index in [4.69, 9.17) is 0 Å². The van der Waals surface area contributed by atoms with Gasteiger partial charge in [-0.1, -0.05) is 0 Å². The Bertz CT molecular complexity index is 278. The van der Waals surface area contributed by atoms with E-state index in [-0.39, 0.29) is 5.82 Å². The van der Waals surface area contributed by atoms with E-state index >= 15 is 0 Å². The summed E-state index contributed by atoms with van der Waals surface area (Å²) in [7, 11) is 0. The Balaban J connectivity index is 1.92. The van der Waals surface area contributed by atoms with E-state index < -0.39 is 0 Å². The molecule has 76 valence electrons. The largest absolute Gasteiger partial charge is 0.381 e. The molecule has 0 radical (unpaired) electrons. The molecule has 0 bridgehead atoms. The van der Waals surface area contributed by atoms with Crippen LogP contribution < -0.4 is 10.6 Å². The maximum absolute atomic E-state index is 12.6. The van der Waals surface area contributed by atoms with Crippen LogP contribution in [-0.2, 0) is 0 Å². The van der Waals surface area contributed by atoms with Gasteiger partial charge in [0, 0.05) is 18.3 Å². The Labute approximate surface area is 83.5 Å². The number of hydrogen-bond donors (Lipinski definition) is 2. The van der Waals surface area contributed by atoms with Gasteiger partial charge in [-0.2, -0.15) is 0 Å². The molecule has 0 saturated carbocycles. The van der Waals surface area contributed by atoms with Crippen LogP contribution in [0.4, 0.5) is 10.1 Å². The van der Waals surface area contributed by atoms with Gasteiger partial charge in [0.15, 0.2) is 0 Å². The Morgan fingerprint density at radius 2 is 2.07 bits per heavy atom. The Hall–Kier alpha value is -1.09. The van der Waals surface area contributed by atoms with Crippen LogP contribution in [-0.4, -0.2) is 19.1 Å². The first-order valence-corrected chi connectivity index (χ1v) is 5.07. The Morgan fingerprint density at radius 3 is 2.71 bits per heavy atom. The first kappa shape index (κ1) is 9.46. The molecule has 0 unspecified atom stereocenters. The molecule has 0 aromatic heterocycles. The van der Waals surface area contributed by atoms with E-state index in [0.717, 1.165) is 18.8 Å². The number of nitrogens with one attached hydrogen (secondary N) is 2. The van der Waals surface area contributed by atoms with Gasteiger partial charge in [0.2, 0.25) is 0 Å². The van der Waals surface area contributed by atoms with Gasteiger partial charge < -0.3 is 10.6 Å². The molecule has 1 aliphatic heterocycles. The fourth-order valence-corrected chi connectivity index (χ4v) is 1.76. The molecule has 1 heterocycles. The van der Waals surface area contributed by atoms with Crippen LogP contribution in [0, 0.1) is 5.82 Å². The van der Waals surface area contributed by atoms with Crippen LogP contribution in [0.2, 0.25) is 0 Å². The van der Waals surface area contributed by atoms with Gasteiger partial charge in [0.25, 0.3) is 0 Å². The van der Waals surface area contributed by atoms with Crippen molar-refractivity contribution >= 4 is 5.69 Å². The number of anilines is 1. The molecule has 0 aliphatic carbocycles. The van der Waals surface area contributed by atoms with Crippen molar-refractivity contribution in [3.8, 4) is 0 Å². The quantitative estimate of drug-likeness (QED) is 0.752. The Kier molecular flexibility index (Phi) is 2.99. The third-order valence-electron chi connectivity index (χ3n) is 2.51. The van der Waals surface area contributed by atoms with Crippen LogP contribution >= 0.6 is 0 Å². The summed E-state index contributed by atoms with van der Waals surface area (Å²) in [6.45, 7) is 2.11. The van der Waals surface area contributed by atoms with Gasteiger partial charge in [0.05, 0.1) is 0 Å². The van der Waals surface area contributed by atoms with E-state index in [2.05, 4.69) is 10.6 Å². The monoisotopic (exact) mass is 194 g/mol. The normalized spacial score (nSPS) is 21.9. The minimum absolute atomic E-state index is 0.183. The highest BCUT2D eigenvalue weighted by Crippen LogP contribution is 2.12. The summed E-state index contributed by atoms with van der Waals surface area (Å²) in [6.07, 6.45) is 2.39. The zero-order valence-corrected chi connectivity index (χ0v) is 8.09. The van der Waals surface area contributed by atoms with E-state index in [1.54, 1.807) is 12.1 Å². The fraction of sp³-hybridized carbons (Fsp3) is 0.455. The predicted octanol–water partition coefficient (Wildman–Crippen LogP) is 1.99. The van der Waals surface area contributed by atoms with Crippen molar-refractivity contribution in [1.82, 2.24) is 5.32 Å². The fourth-order valence-electron chi connectivity index (χ4n) is 1.76. The lowest BCUT2D eigenvalue weighted by Gasteiger charge is -2.24. The van der Waals surface area contributed by atoms with Crippen molar-refractivity contribution in [2.24, 2.45) is 0 Å². The van der Waals surface area contributed by atoms with Crippen LogP contribution in [0.15, 0.2) is 24.3 Å². The van der Waals surface area contributed by atoms with Crippen LogP contribution in [0.25, 0.3) is 0 Å². The standard InChI is InChI=1S/C11H15FN2/c12-9-3-5-10(6-4-9)14-11-2-1-7-13-8-11/h3-6,11,13-14H,1-2,7-8H2/t11-/m1/s1. The molecule has 0 amide bonds. The minimum atomic E-state index is -0.183. The second-order valence-electron chi connectivity index (χ2n) is 3.69. The van der Waals surface area contributed by atoms with Gasteiger partial charge in [0.1, 0.15) is 5.82 Å². The average molecular weight is 194 g/mol. The summed E-state index contributed by atoms with van der Waals surface area (Å²) in [5.41, 5.74) is 1.00. The third kappa shape index (κ3) is 2.45. The molecule has 3 heteroatoms. The molecule has 1 saturated heterocycles. The lowest BCUT2D eigenvalue weighted by atomic mass is 10.1. The van der Waals surface area contributed by atoms with Crippen molar-refractivity contribution in [3.63, 3.8) is 0 Å². The van der Waals surface area contributed by atoms with E-state index in [9.17, 15) is 4.39 Å². The number of piperidine rings is 1. The molecule has 2 rings (SSSR count). The lowest BCUT2D eigenvalue weighted by Crippen LogP contribution is -2.38. The van der Waals surface area contributed by atoms with Gasteiger partial charge in [-0.3, -0.25) is 0 Å². The maximum atomic E-state index is 12.6. The highest BCUT2D eigenvalue weighted by Gasteiger charge is 2.11. The highest BCUT2D eigenvalue weighted by atomic mass is 19.1. The predicted molar refractivity (Wildman–Crippen MR) is 55.9 cm³/mol. The number of benzene rings is 1. The van der Waals surface area contributed by atoms with Gasteiger partial charge >= 0.3 is 0 Å². The Morgan fingerprint density at radius 1 is 1.29 bits per heavy atom. The average Bonchev–Trinajstić information content (AvgIpc) is 2.23. The summed E-state index contributed by atoms with van der Waals surface area (Å²) >= 11 is 0. The molecule has 0 spiro atoms. The summed E-state index contributed by atoms with van der Waals surface area (Å²) in [6, 6.07) is 7.01. The zero-order chi connectivity index (χ0) is 9.80. The van der Waals surface area contributed by atoms with E-state index in [0.29, 0.717) is 6.04 Å². The highest BCUT2D eigenvalue weighted by molar-refractivity contribution is 5.43. The first-order valence-electron chi connectivity index (χ1n) is 5.07. The molecular formula is C11H15FN2. The van der Waals surface area contributed by atoms with Crippen LogP contribution in [0.3, 0.4) is 0 Å². The van der Waals surface area contributed by atoms with Gasteiger partial charge in [-0.15, -0.1) is 0 Å². The second-order valence-corrected chi connectivity index (χ2v) is 3.69. The van der Waals surface area contributed by atoms with E-state index in [1.165, 1.54) is 25.0 Å². The molecule has 1 atom stereocenters. The molecular weight excluding hydrogens is 179 g/mol. The van der Waals surface area contributed by atoms with Crippen LogP contribution in [0.1, 0.15) is 12.8 Å². The SMILES string of the molecule is Fc1ccc(N[C@@H]2CCCNC2)cc1. The van der Waals surface area contributed by atoms with Gasteiger partial charge in [-0.25, -0.2) is 4.39 Å². The molecule has 14 heavy (non-hydrogen) atoms. The molecule has 1 fully saturated rings. The van der Waals surface area contributed by atoms with Crippen molar-refractivity contribution in [2.45, 2.75) is 18.9 Å². The summed E-state index contributed by atoms with van der Waals surface area (Å²) in [5.74, 6) is -0.183. The summed E-state index contributed by atoms with van der Waals surface area (Å²) in [5, 5.41) is 6.71. The van der Waals surface area contributed by atoms with E-state index in [1.807, 2.05) is 0 Å². The van der Waals surface area contributed by atoms with Crippen molar-refractivity contribution in [1.29, 1.82) is 0 Å². The molecule has 2 nitrogen and oxygen atoms in total. The smallest absolute Gasteiger partial charge is 0.123 e. The number of rotatable bonds is 2. The second kappa shape index (κ2) is 4.42. The third-order valence-corrected chi connectivity index (χ3v) is 2.51. The number of hydrogen-bond acceptors (Lipinski definition) is 2. The summed E-state index contributed by atoms with van der Waals surface area (Å²) < 4.78 is 12.6. The molecule has 1 aromatic carbocycles. The summed E-state index contributed by atoms with van der Waals surface area (Å²) in [4.78, 5) is 0. The van der Waals surface area contributed by atoms with Crippen molar-refractivity contribution < 1.29 is 4.39 Å². The lowest BCUT2D eigenvalue weighted by molar-refractivity contribution is 0.480. The number of halogens is 1. The molecule has 2 N–H and O–H groups in total. The first-order chi connectivity index (χ1) is 6.84. The van der Waals surface area contributed by atoms with Gasteiger partial charge in [-0.05, 0) is 43.7 Å². The van der Waals surface area contributed by atoms with Crippen molar-refractivity contribution in [3.05, 3.63) is 30.1 Å². The zero-order valence-electron chi connectivity index (χ0n) is 8.09. The topological polar surface area (TPSA) is 24.1 Å². The molecule has 1 aromatic rings. The maximum Gasteiger partial charge on any atom is 0.123 e. The van der Waals surface area contributed by atoms with Crippen LogP contribution in [0.5, 0.6) is 0 Å². The van der Waals surface area contributed by atoms with Crippen molar-refractivity contribution in [2.75, 3.05) is 18.4 Å².